The second-order valence-electron chi connectivity index (χ2n) is 2.96. The summed E-state index contributed by atoms with van der Waals surface area (Å²) in [7, 11) is 0. The first-order valence-corrected chi connectivity index (χ1v) is 4.20. The molecule has 66 valence electrons. The van der Waals surface area contributed by atoms with Gasteiger partial charge < -0.3 is 10.4 Å². The maximum Gasteiger partial charge on any atom is 0.0431 e. The van der Waals surface area contributed by atoms with Crippen LogP contribution in [0.15, 0.2) is 12.7 Å². The highest BCUT2D eigenvalue weighted by Crippen LogP contribution is 1.96. The number of aliphatic hydroxyl groups excluding tert-OH is 1. The summed E-state index contributed by atoms with van der Waals surface area (Å²) in [4.78, 5) is 0. The molecule has 0 saturated carbocycles. The van der Waals surface area contributed by atoms with Gasteiger partial charge in [0.05, 0.1) is 0 Å². The number of aliphatic hydroxyl groups is 1. The first-order chi connectivity index (χ1) is 5.20. The molecule has 2 nitrogen and oxygen atoms in total. The summed E-state index contributed by atoms with van der Waals surface area (Å²) in [6.45, 7) is 8.16. The van der Waals surface area contributed by atoms with E-state index < -0.39 is 0 Å². The Morgan fingerprint density at radius 3 is 2.64 bits per heavy atom. The number of rotatable bonds is 6. The molecule has 0 bridgehead atoms. The summed E-state index contributed by atoms with van der Waals surface area (Å²) in [5.41, 5.74) is 0. The molecule has 2 heteroatoms. The number of hydrogen-bond donors (Lipinski definition) is 2. The van der Waals surface area contributed by atoms with Crippen molar-refractivity contribution < 1.29 is 5.11 Å². The molecular weight excluding hydrogens is 138 g/mol. The summed E-state index contributed by atoms with van der Waals surface area (Å²) in [6, 6.07) is 0.832. The van der Waals surface area contributed by atoms with Crippen molar-refractivity contribution >= 4 is 0 Å². The molecular formula is C9H19NO. The molecule has 11 heavy (non-hydrogen) atoms. The third kappa shape index (κ3) is 6.07. The van der Waals surface area contributed by atoms with Gasteiger partial charge >= 0.3 is 0 Å². The van der Waals surface area contributed by atoms with Crippen LogP contribution in [0.4, 0.5) is 0 Å². The van der Waals surface area contributed by atoms with Gasteiger partial charge in [-0.05, 0) is 26.7 Å². The lowest BCUT2D eigenvalue weighted by atomic mass is 10.1. The summed E-state index contributed by atoms with van der Waals surface area (Å²) >= 11 is 0. The quantitative estimate of drug-likeness (QED) is 0.570. The van der Waals surface area contributed by atoms with Crippen molar-refractivity contribution in [3.63, 3.8) is 0 Å². The molecule has 2 atom stereocenters. The van der Waals surface area contributed by atoms with Gasteiger partial charge in [-0.25, -0.2) is 0 Å². The van der Waals surface area contributed by atoms with Gasteiger partial charge in [-0.3, -0.25) is 0 Å². The molecule has 0 saturated heterocycles. The van der Waals surface area contributed by atoms with Gasteiger partial charge in [-0.2, -0.15) is 0 Å². The Morgan fingerprint density at radius 1 is 1.55 bits per heavy atom. The predicted octanol–water partition coefficient (Wildman–Crippen LogP) is 1.31. The standard InChI is InChI=1S/C9H19NO/c1-4-8(2)10-9(3)6-5-7-11/h4,8-11H,1,5-7H2,2-3H3. The van der Waals surface area contributed by atoms with E-state index in [0.29, 0.717) is 12.1 Å². The Bertz CT molecular complexity index is 104. The van der Waals surface area contributed by atoms with Crippen LogP contribution in [-0.4, -0.2) is 23.8 Å². The summed E-state index contributed by atoms with van der Waals surface area (Å²) in [6.07, 6.45) is 3.78. The van der Waals surface area contributed by atoms with Crippen LogP contribution in [0.25, 0.3) is 0 Å². The van der Waals surface area contributed by atoms with Crippen molar-refractivity contribution in [3.05, 3.63) is 12.7 Å². The number of nitrogens with one attached hydrogen (secondary N) is 1. The van der Waals surface area contributed by atoms with Gasteiger partial charge in [0.25, 0.3) is 0 Å². The molecule has 0 rings (SSSR count). The van der Waals surface area contributed by atoms with Crippen LogP contribution in [0.2, 0.25) is 0 Å². The Kier molecular flexibility index (Phi) is 6.18. The lowest BCUT2D eigenvalue weighted by Crippen LogP contribution is -2.33. The summed E-state index contributed by atoms with van der Waals surface area (Å²) in [5.74, 6) is 0. The second kappa shape index (κ2) is 6.38. The lowest BCUT2D eigenvalue weighted by molar-refractivity contribution is 0.275. The van der Waals surface area contributed by atoms with Gasteiger partial charge in [0.1, 0.15) is 0 Å². The largest absolute Gasteiger partial charge is 0.396 e. The third-order valence-electron chi connectivity index (χ3n) is 1.70. The first-order valence-electron chi connectivity index (χ1n) is 4.20. The molecule has 0 radical (unpaired) electrons. The van der Waals surface area contributed by atoms with Crippen LogP contribution >= 0.6 is 0 Å². The maximum atomic E-state index is 8.56. The molecule has 0 aliphatic carbocycles. The SMILES string of the molecule is C=CC(C)NC(C)CCCO. The fourth-order valence-corrected chi connectivity index (χ4v) is 0.998. The van der Waals surface area contributed by atoms with Crippen LogP contribution in [0.1, 0.15) is 26.7 Å². The molecule has 0 fully saturated rings. The highest BCUT2D eigenvalue weighted by Gasteiger charge is 2.02. The fourth-order valence-electron chi connectivity index (χ4n) is 0.998. The van der Waals surface area contributed by atoms with E-state index in [1.807, 2.05) is 6.08 Å². The Hall–Kier alpha value is -0.340. The third-order valence-corrected chi connectivity index (χ3v) is 1.70. The highest BCUT2D eigenvalue weighted by molar-refractivity contribution is 4.83. The predicted molar refractivity (Wildman–Crippen MR) is 48.6 cm³/mol. The average molecular weight is 157 g/mol. The van der Waals surface area contributed by atoms with Crippen molar-refractivity contribution in [2.45, 2.75) is 38.8 Å². The van der Waals surface area contributed by atoms with Crippen molar-refractivity contribution in [2.75, 3.05) is 6.61 Å². The lowest BCUT2D eigenvalue weighted by Gasteiger charge is -2.16. The van der Waals surface area contributed by atoms with Crippen molar-refractivity contribution in [3.8, 4) is 0 Å². The van der Waals surface area contributed by atoms with Crippen molar-refractivity contribution in [2.24, 2.45) is 0 Å². The van der Waals surface area contributed by atoms with E-state index in [1.165, 1.54) is 0 Å². The summed E-state index contributed by atoms with van der Waals surface area (Å²) in [5, 5.41) is 11.9. The normalized spacial score (nSPS) is 15.9. The van der Waals surface area contributed by atoms with Crippen molar-refractivity contribution in [1.29, 1.82) is 0 Å². The van der Waals surface area contributed by atoms with E-state index in [0.717, 1.165) is 12.8 Å². The van der Waals surface area contributed by atoms with E-state index >= 15 is 0 Å². The van der Waals surface area contributed by atoms with Crippen LogP contribution in [0.3, 0.4) is 0 Å². The molecule has 0 aromatic rings. The molecule has 0 aliphatic rings. The Labute approximate surface area is 69.3 Å². The molecule has 2 unspecified atom stereocenters. The summed E-state index contributed by atoms with van der Waals surface area (Å²) < 4.78 is 0. The van der Waals surface area contributed by atoms with Gasteiger partial charge in [0.15, 0.2) is 0 Å². The zero-order valence-electron chi connectivity index (χ0n) is 7.51. The van der Waals surface area contributed by atoms with Crippen LogP contribution in [0, 0.1) is 0 Å². The molecule has 0 amide bonds. The average Bonchev–Trinajstić information content (AvgIpc) is 2.00. The van der Waals surface area contributed by atoms with Crippen LogP contribution in [0.5, 0.6) is 0 Å². The molecule has 0 aromatic heterocycles. The Morgan fingerprint density at radius 2 is 2.18 bits per heavy atom. The number of hydrogen-bond acceptors (Lipinski definition) is 2. The minimum Gasteiger partial charge on any atom is -0.396 e. The molecule has 0 heterocycles. The molecule has 0 spiro atoms. The van der Waals surface area contributed by atoms with E-state index in [4.69, 9.17) is 5.11 Å². The second-order valence-corrected chi connectivity index (χ2v) is 2.96. The minimum atomic E-state index is 0.286. The molecule has 0 aromatic carbocycles. The molecule has 2 N–H and O–H groups in total. The van der Waals surface area contributed by atoms with Gasteiger partial charge in [-0.1, -0.05) is 6.08 Å². The van der Waals surface area contributed by atoms with E-state index in [-0.39, 0.29) is 6.61 Å². The highest BCUT2D eigenvalue weighted by atomic mass is 16.2. The Balaban J connectivity index is 3.34. The monoisotopic (exact) mass is 157 g/mol. The van der Waals surface area contributed by atoms with E-state index in [9.17, 15) is 0 Å². The molecule has 0 aliphatic heterocycles. The van der Waals surface area contributed by atoms with Gasteiger partial charge in [0, 0.05) is 18.7 Å². The topological polar surface area (TPSA) is 32.3 Å². The van der Waals surface area contributed by atoms with Crippen molar-refractivity contribution in [1.82, 2.24) is 5.32 Å². The maximum absolute atomic E-state index is 8.56. The van der Waals surface area contributed by atoms with E-state index in [1.54, 1.807) is 0 Å². The fraction of sp³-hybridized carbons (Fsp3) is 0.778. The van der Waals surface area contributed by atoms with Crippen LogP contribution < -0.4 is 5.32 Å². The van der Waals surface area contributed by atoms with Gasteiger partial charge in [0.2, 0.25) is 0 Å². The zero-order valence-corrected chi connectivity index (χ0v) is 7.51. The first kappa shape index (κ1) is 10.7. The van der Waals surface area contributed by atoms with E-state index in [2.05, 4.69) is 25.7 Å². The zero-order chi connectivity index (χ0) is 8.69. The van der Waals surface area contributed by atoms with Crippen LogP contribution in [-0.2, 0) is 0 Å². The minimum absolute atomic E-state index is 0.286. The van der Waals surface area contributed by atoms with Gasteiger partial charge in [-0.15, -0.1) is 6.58 Å². The smallest absolute Gasteiger partial charge is 0.0431 e.